The summed E-state index contributed by atoms with van der Waals surface area (Å²) in [4.78, 5) is -0.0349. The van der Waals surface area contributed by atoms with Crippen LogP contribution in [-0.2, 0) is 10.0 Å². The maximum absolute atomic E-state index is 13.2. The van der Waals surface area contributed by atoms with E-state index in [4.69, 9.17) is 0 Å². The number of hydrogen-bond acceptors (Lipinski definition) is 2. The zero-order valence-corrected chi connectivity index (χ0v) is 11.0. The molecule has 2 atom stereocenters. The highest BCUT2D eigenvalue weighted by molar-refractivity contribution is 9.10. The molecule has 0 aliphatic heterocycles. The fraction of sp³-hybridized carbons (Fsp3) is 0.400. The van der Waals surface area contributed by atoms with Crippen molar-refractivity contribution in [3.8, 4) is 0 Å². The predicted molar refractivity (Wildman–Crippen MR) is 62.0 cm³/mol. The molecule has 0 heterocycles. The topological polar surface area (TPSA) is 46.2 Å². The molecule has 1 saturated carbocycles. The Bertz CT molecular complexity index is 518. The quantitative estimate of drug-likeness (QED) is 0.931. The average Bonchev–Trinajstić information content (AvgIpc) is 2.85. The Morgan fingerprint density at radius 2 is 2.12 bits per heavy atom. The summed E-state index contributed by atoms with van der Waals surface area (Å²) in [5.41, 5.74) is 0. The van der Waals surface area contributed by atoms with Gasteiger partial charge in [-0.2, -0.15) is 0 Å². The summed E-state index contributed by atoms with van der Waals surface area (Å²) >= 11 is 2.98. The van der Waals surface area contributed by atoms with Crippen molar-refractivity contribution in [3.05, 3.63) is 28.5 Å². The van der Waals surface area contributed by atoms with Crippen molar-refractivity contribution in [2.24, 2.45) is 5.92 Å². The van der Waals surface area contributed by atoms with Gasteiger partial charge in [0.15, 0.2) is 0 Å². The lowest BCUT2D eigenvalue weighted by molar-refractivity contribution is 0.574. The lowest BCUT2D eigenvalue weighted by Crippen LogP contribution is -2.26. The van der Waals surface area contributed by atoms with E-state index in [1.54, 1.807) is 0 Å². The molecule has 1 aromatic rings. The van der Waals surface area contributed by atoms with Crippen LogP contribution in [0.2, 0.25) is 0 Å². The fourth-order valence-corrected chi connectivity index (χ4v) is 3.01. The van der Waals surface area contributed by atoms with Crippen molar-refractivity contribution >= 4 is 26.0 Å². The maximum Gasteiger partial charge on any atom is 0.240 e. The molecule has 2 rings (SSSR count). The van der Waals surface area contributed by atoms with E-state index in [0.717, 1.165) is 12.5 Å². The highest BCUT2D eigenvalue weighted by atomic mass is 79.9. The van der Waals surface area contributed by atoms with Crippen LogP contribution in [0.3, 0.4) is 0 Å². The van der Waals surface area contributed by atoms with Crippen LogP contribution < -0.4 is 4.72 Å². The molecule has 2 unspecified atom stereocenters. The number of sulfonamides is 1. The monoisotopic (exact) mass is 307 g/mol. The van der Waals surface area contributed by atoms with Gasteiger partial charge in [-0.15, -0.1) is 0 Å². The van der Waals surface area contributed by atoms with Crippen LogP contribution in [0.25, 0.3) is 0 Å². The van der Waals surface area contributed by atoms with Crippen molar-refractivity contribution in [1.82, 2.24) is 4.72 Å². The van der Waals surface area contributed by atoms with Crippen molar-refractivity contribution in [3.63, 3.8) is 0 Å². The highest BCUT2D eigenvalue weighted by Gasteiger charge is 2.36. The summed E-state index contributed by atoms with van der Waals surface area (Å²) in [6.45, 7) is 1.97. The third-order valence-corrected chi connectivity index (χ3v) is 4.75. The van der Waals surface area contributed by atoms with Crippen LogP contribution in [0.5, 0.6) is 0 Å². The largest absolute Gasteiger partial charge is 0.240 e. The van der Waals surface area contributed by atoms with Gasteiger partial charge < -0.3 is 0 Å². The van der Waals surface area contributed by atoms with Gasteiger partial charge in [-0.1, -0.05) is 6.92 Å². The first-order valence-corrected chi connectivity index (χ1v) is 7.15. The lowest BCUT2D eigenvalue weighted by Gasteiger charge is -2.06. The zero-order chi connectivity index (χ0) is 11.9. The molecule has 0 bridgehead atoms. The van der Waals surface area contributed by atoms with Crippen molar-refractivity contribution < 1.29 is 12.8 Å². The van der Waals surface area contributed by atoms with E-state index in [9.17, 15) is 12.8 Å². The molecular weight excluding hydrogens is 297 g/mol. The van der Waals surface area contributed by atoms with Gasteiger partial charge in [0.1, 0.15) is 5.82 Å². The number of benzene rings is 1. The molecule has 3 nitrogen and oxygen atoms in total. The second-order valence-electron chi connectivity index (χ2n) is 4.02. The Kier molecular flexibility index (Phi) is 3.07. The maximum atomic E-state index is 13.2. The summed E-state index contributed by atoms with van der Waals surface area (Å²) in [6, 6.07) is 3.78. The van der Waals surface area contributed by atoms with Crippen LogP contribution in [0.1, 0.15) is 13.3 Å². The summed E-state index contributed by atoms with van der Waals surface area (Å²) in [7, 11) is -3.58. The number of hydrogen-bond donors (Lipinski definition) is 1. The Labute approximate surface area is 102 Å². The molecule has 0 aromatic heterocycles. The molecule has 1 aliphatic rings. The molecule has 88 valence electrons. The van der Waals surface area contributed by atoms with E-state index in [0.29, 0.717) is 5.92 Å². The van der Waals surface area contributed by atoms with Gasteiger partial charge in [-0.05, 0) is 46.5 Å². The Morgan fingerprint density at radius 3 is 2.62 bits per heavy atom. The molecule has 0 spiro atoms. The lowest BCUT2D eigenvalue weighted by atomic mass is 10.3. The van der Waals surface area contributed by atoms with E-state index in [1.807, 2.05) is 6.92 Å². The first-order valence-electron chi connectivity index (χ1n) is 4.87. The van der Waals surface area contributed by atoms with Crippen molar-refractivity contribution in [1.29, 1.82) is 0 Å². The smallest absolute Gasteiger partial charge is 0.208 e. The average molecular weight is 308 g/mol. The molecule has 1 aromatic carbocycles. The van der Waals surface area contributed by atoms with Gasteiger partial charge in [0.25, 0.3) is 0 Å². The molecule has 0 radical (unpaired) electrons. The van der Waals surface area contributed by atoms with Crippen molar-refractivity contribution in [2.75, 3.05) is 0 Å². The molecule has 1 N–H and O–H groups in total. The van der Waals surface area contributed by atoms with Gasteiger partial charge in [0, 0.05) is 6.04 Å². The van der Waals surface area contributed by atoms with Crippen LogP contribution in [0, 0.1) is 11.7 Å². The van der Waals surface area contributed by atoms with Gasteiger partial charge in [0.2, 0.25) is 10.0 Å². The van der Waals surface area contributed by atoms with Crippen LogP contribution in [0.4, 0.5) is 4.39 Å². The van der Waals surface area contributed by atoms with Gasteiger partial charge in [0.05, 0.1) is 9.37 Å². The van der Waals surface area contributed by atoms with E-state index >= 15 is 0 Å². The first kappa shape index (κ1) is 12.0. The van der Waals surface area contributed by atoms with Crippen molar-refractivity contribution in [2.45, 2.75) is 24.3 Å². The number of rotatable bonds is 3. The molecule has 0 saturated heterocycles. The summed E-state index contributed by atoms with van der Waals surface area (Å²) in [5.74, 6) is -0.207. The minimum Gasteiger partial charge on any atom is -0.208 e. The highest BCUT2D eigenvalue weighted by Crippen LogP contribution is 2.31. The summed E-state index contributed by atoms with van der Waals surface area (Å²) < 4.78 is 39.6. The second-order valence-corrected chi connectivity index (χ2v) is 6.58. The first-order chi connectivity index (χ1) is 7.40. The molecule has 6 heteroatoms. The van der Waals surface area contributed by atoms with Crippen LogP contribution in [0.15, 0.2) is 27.6 Å². The third-order valence-electron chi connectivity index (χ3n) is 2.62. The zero-order valence-electron chi connectivity index (χ0n) is 8.57. The third kappa shape index (κ3) is 2.44. The van der Waals surface area contributed by atoms with Gasteiger partial charge in [-0.3, -0.25) is 0 Å². The number of nitrogens with one attached hydrogen (secondary N) is 1. The van der Waals surface area contributed by atoms with Gasteiger partial charge >= 0.3 is 0 Å². The van der Waals surface area contributed by atoms with E-state index in [-0.39, 0.29) is 15.4 Å². The van der Waals surface area contributed by atoms with E-state index < -0.39 is 15.8 Å². The minimum absolute atomic E-state index is 0.00305. The minimum atomic E-state index is -3.58. The van der Waals surface area contributed by atoms with Gasteiger partial charge in [-0.25, -0.2) is 17.5 Å². The summed E-state index contributed by atoms with van der Waals surface area (Å²) in [6.07, 6.45) is 0.845. The summed E-state index contributed by atoms with van der Waals surface area (Å²) in [5, 5.41) is 0. The fourth-order valence-electron chi connectivity index (χ4n) is 1.40. The Hall–Kier alpha value is -0.460. The molecule has 1 fully saturated rings. The van der Waals surface area contributed by atoms with Crippen LogP contribution in [-0.4, -0.2) is 14.5 Å². The Morgan fingerprint density at radius 1 is 1.50 bits per heavy atom. The molecule has 0 amide bonds. The van der Waals surface area contributed by atoms with Crippen LogP contribution >= 0.6 is 15.9 Å². The standard InChI is InChI=1S/C10H11BrFNO2S/c1-6-4-10(6)13-16(14,15)7-2-3-8(11)9(12)5-7/h2-3,5-6,10,13H,4H2,1H3. The molecular formula is C10H11BrFNO2S. The SMILES string of the molecule is CC1CC1NS(=O)(=O)c1ccc(Br)c(F)c1. The second kappa shape index (κ2) is 4.09. The molecule has 1 aliphatic carbocycles. The number of halogens is 2. The Balaban J connectivity index is 2.25. The normalized spacial score (nSPS) is 24.4. The van der Waals surface area contributed by atoms with E-state index in [2.05, 4.69) is 20.7 Å². The molecule has 16 heavy (non-hydrogen) atoms. The van der Waals surface area contributed by atoms with E-state index in [1.165, 1.54) is 12.1 Å². The predicted octanol–water partition coefficient (Wildman–Crippen LogP) is 2.27.